The standard InChI is InChI=1S/C6H7N2O2S.K/c7-5-1-3-6(4-2-5)11(8,9)10;/h1-4H,7H2,(H-,8,9,10);/q-1;+1. The fourth-order valence-corrected chi connectivity index (χ4v) is 1.14. The van der Waals surface area contributed by atoms with Crippen LogP contribution in [-0.4, -0.2) is 8.42 Å². The van der Waals surface area contributed by atoms with Crippen LogP contribution >= 0.6 is 0 Å². The Morgan fingerprint density at radius 1 is 1.17 bits per heavy atom. The summed E-state index contributed by atoms with van der Waals surface area (Å²) in [6.45, 7) is 0. The van der Waals surface area contributed by atoms with Crippen molar-refractivity contribution >= 4 is 15.7 Å². The molecule has 0 aromatic heterocycles. The van der Waals surface area contributed by atoms with E-state index in [9.17, 15) is 8.42 Å². The Kier molecular flexibility index (Phi) is 4.93. The zero-order valence-electron chi connectivity index (χ0n) is 6.61. The summed E-state index contributed by atoms with van der Waals surface area (Å²) in [7, 11) is -3.83. The first-order valence-electron chi connectivity index (χ1n) is 2.85. The Balaban J connectivity index is 0.00000121. The minimum Gasteiger partial charge on any atom is -0.560 e. The maximum absolute atomic E-state index is 10.6. The Labute approximate surface area is 114 Å². The van der Waals surface area contributed by atoms with Crippen LogP contribution < -0.4 is 57.1 Å². The van der Waals surface area contributed by atoms with Crippen molar-refractivity contribution in [1.82, 2.24) is 0 Å². The molecule has 0 heterocycles. The van der Waals surface area contributed by atoms with Crippen LogP contribution in [0.25, 0.3) is 5.14 Å². The SMILES string of the molecule is [K+].[NH-]S(=O)(=O)c1ccc(N)cc1. The smallest absolute Gasteiger partial charge is 0.560 e. The number of sulfonamides is 1. The summed E-state index contributed by atoms with van der Waals surface area (Å²) in [6.07, 6.45) is 0. The summed E-state index contributed by atoms with van der Waals surface area (Å²) in [6, 6.07) is 5.50. The van der Waals surface area contributed by atoms with Crippen LogP contribution in [0.1, 0.15) is 0 Å². The van der Waals surface area contributed by atoms with Gasteiger partial charge in [-0.2, -0.15) is 0 Å². The third-order valence-electron chi connectivity index (χ3n) is 1.19. The van der Waals surface area contributed by atoms with Crippen molar-refractivity contribution in [3.63, 3.8) is 0 Å². The summed E-state index contributed by atoms with van der Waals surface area (Å²) in [5, 5.41) is 6.67. The topological polar surface area (TPSA) is 84.0 Å². The summed E-state index contributed by atoms with van der Waals surface area (Å²) in [5.41, 5.74) is 5.80. The molecule has 0 bridgehead atoms. The van der Waals surface area contributed by atoms with Crippen molar-refractivity contribution in [2.24, 2.45) is 0 Å². The van der Waals surface area contributed by atoms with E-state index in [2.05, 4.69) is 0 Å². The second kappa shape index (κ2) is 4.71. The molecule has 4 nitrogen and oxygen atoms in total. The van der Waals surface area contributed by atoms with E-state index in [4.69, 9.17) is 10.9 Å². The Hall–Kier alpha value is 0.566. The van der Waals surface area contributed by atoms with Crippen LogP contribution in [0.2, 0.25) is 0 Å². The monoisotopic (exact) mass is 210 g/mol. The number of nitrogens with two attached hydrogens (primary N) is 1. The molecule has 0 saturated heterocycles. The molecule has 0 radical (unpaired) electrons. The molecule has 0 unspecified atom stereocenters. The van der Waals surface area contributed by atoms with Gasteiger partial charge in [0.15, 0.2) is 0 Å². The quantitative estimate of drug-likeness (QED) is 0.430. The molecule has 1 aromatic rings. The molecule has 0 aliphatic carbocycles. The van der Waals surface area contributed by atoms with Crippen LogP contribution in [-0.2, 0) is 10.0 Å². The van der Waals surface area contributed by atoms with E-state index in [0.717, 1.165) is 0 Å². The Morgan fingerprint density at radius 3 is 1.92 bits per heavy atom. The number of anilines is 1. The zero-order valence-corrected chi connectivity index (χ0v) is 10.6. The van der Waals surface area contributed by atoms with E-state index in [1.165, 1.54) is 24.3 Å². The normalized spacial score (nSPS) is 10.4. The van der Waals surface area contributed by atoms with Gasteiger partial charge in [0.2, 0.25) is 0 Å². The molecule has 6 heteroatoms. The molecular weight excluding hydrogens is 203 g/mol. The van der Waals surface area contributed by atoms with Crippen LogP contribution in [0.5, 0.6) is 0 Å². The van der Waals surface area contributed by atoms with Gasteiger partial charge in [-0.25, -0.2) is 8.42 Å². The molecule has 0 amide bonds. The maximum Gasteiger partial charge on any atom is 1.00 e. The van der Waals surface area contributed by atoms with Gasteiger partial charge in [-0.3, -0.25) is 0 Å². The van der Waals surface area contributed by atoms with Crippen molar-refractivity contribution in [3.05, 3.63) is 29.4 Å². The summed E-state index contributed by atoms with van der Waals surface area (Å²) in [4.78, 5) is -0.0355. The van der Waals surface area contributed by atoms with Gasteiger partial charge < -0.3 is 10.9 Å². The average Bonchev–Trinajstić information content (AvgIpc) is 1.86. The first-order chi connectivity index (χ1) is 5.00. The molecule has 0 fully saturated rings. The van der Waals surface area contributed by atoms with Gasteiger partial charge >= 0.3 is 51.4 Å². The minimum atomic E-state index is -3.83. The van der Waals surface area contributed by atoms with Gasteiger partial charge in [-0.1, -0.05) is 0 Å². The van der Waals surface area contributed by atoms with Crippen LogP contribution in [0.4, 0.5) is 5.69 Å². The Bertz CT molecular complexity index is 346. The number of hydrogen-bond donors (Lipinski definition) is 1. The first kappa shape index (κ1) is 12.6. The van der Waals surface area contributed by atoms with Gasteiger partial charge in [0.1, 0.15) is 0 Å². The summed E-state index contributed by atoms with van der Waals surface area (Å²) in [5.74, 6) is 0. The maximum atomic E-state index is 10.6. The second-order valence-electron chi connectivity index (χ2n) is 2.07. The Morgan fingerprint density at radius 2 is 1.58 bits per heavy atom. The van der Waals surface area contributed by atoms with Gasteiger partial charge in [0, 0.05) is 10.6 Å². The fraction of sp³-hybridized carbons (Fsp3) is 0. The molecule has 0 spiro atoms. The van der Waals surface area contributed by atoms with Crippen molar-refractivity contribution in [1.29, 1.82) is 0 Å². The van der Waals surface area contributed by atoms with Gasteiger partial charge in [-0.05, 0) is 24.3 Å². The van der Waals surface area contributed by atoms with E-state index >= 15 is 0 Å². The number of rotatable bonds is 1. The van der Waals surface area contributed by atoms with Crippen LogP contribution in [0.3, 0.4) is 0 Å². The molecule has 0 saturated carbocycles. The minimum absolute atomic E-state index is 0. The predicted octanol–water partition coefficient (Wildman–Crippen LogP) is -1.99. The first-order valence-corrected chi connectivity index (χ1v) is 4.33. The molecule has 1 aromatic carbocycles. The molecule has 0 atom stereocenters. The summed E-state index contributed by atoms with van der Waals surface area (Å²) < 4.78 is 21.1. The van der Waals surface area contributed by atoms with Crippen molar-refractivity contribution in [2.75, 3.05) is 5.73 Å². The predicted molar refractivity (Wildman–Crippen MR) is 42.4 cm³/mol. The van der Waals surface area contributed by atoms with Gasteiger partial charge in [-0.15, -0.1) is 0 Å². The van der Waals surface area contributed by atoms with E-state index in [0.29, 0.717) is 5.69 Å². The third kappa shape index (κ3) is 3.52. The molecule has 0 aliphatic rings. The van der Waals surface area contributed by atoms with Crippen LogP contribution in [0, 0.1) is 0 Å². The molecule has 12 heavy (non-hydrogen) atoms. The largest absolute Gasteiger partial charge is 1.00 e. The molecule has 60 valence electrons. The number of nitrogens with one attached hydrogen (secondary N) is 1. The van der Waals surface area contributed by atoms with Gasteiger partial charge in [0.25, 0.3) is 0 Å². The van der Waals surface area contributed by atoms with Gasteiger partial charge in [0.05, 0.1) is 10.0 Å². The number of benzene rings is 1. The van der Waals surface area contributed by atoms with Crippen LogP contribution in [0.15, 0.2) is 29.2 Å². The zero-order chi connectivity index (χ0) is 8.48. The van der Waals surface area contributed by atoms with Crippen molar-refractivity contribution in [3.8, 4) is 0 Å². The molecule has 3 N–H and O–H groups in total. The van der Waals surface area contributed by atoms with E-state index in [1.54, 1.807) is 0 Å². The molecule has 1 rings (SSSR count). The molecule has 0 aliphatic heterocycles. The average molecular weight is 210 g/mol. The third-order valence-corrected chi connectivity index (χ3v) is 2.08. The van der Waals surface area contributed by atoms with E-state index < -0.39 is 10.0 Å². The van der Waals surface area contributed by atoms with Crippen molar-refractivity contribution in [2.45, 2.75) is 4.90 Å². The number of nitrogen functional groups attached to an aromatic ring is 1. The van der Waals surface area contributed by atoms with E-state index in [-0.39, 0.29) is 56.3 Å². The summed E-state index contributed by atoms with van der Waals surface area (Å²) >= 11 is 0. The number of hydrogen-bond acceptors (Lipinski definition) is 3. The second-order valence-corrected chi connectivity index (χ2v) is 3.55. The van der Waals surface area contributed by atoms with Crippen molar-refractivity contribution < 1.29 is 59.8 Å². The molecular formula is C6H7KN2O2S. The fourth-order valence-electron chi connectivity index (χ4n) is 0.647. The van der Waals surface area contributed by atoms with E-state index in [1.807, 2.05) is 0 Å².